The maximum Gasteiger partial charge on any atom is 0.271 e. The molecule has 4 nitrogen and oxygen atoms in total. The smallest absolute Gasteiger partial charge is 0.271 e. The van der Waals surface area contributed by atoms with Crippen molar-refractivity contribution in [2.24, 2.45) is 5.92 Å². The minimum absolute atomic E-state index is 0.0122. The fraction of sp³-hybridized carbons (Fsp3) is 0.353. The van der Waals surface area contributed by atoms with E-state index >= 15 is 0 Å². The van der Waals surface area contributed by atoms with Crippen LogP contribution in [0.5, 0.6) is 0 Å². The second-order valence-electron chi connectivity index (χ2n) is 5.61. The van der Waals surface area contributed by atoms with E-state index in [0.717, 1.165) is 17.7 Å². The number of nitrogens with one attached hydrogen (secondary N) is 1. The molecule has 0 fully saturated rings. The lowest BCUT2D eigenvalue weighted by Crippen LogP contribution is -2.30. The molecule has 0 aliphatic carbocycles. The average molecular weight is 283 g/mol. The van der Waals surface area contributed by atoms with Crippen molar-refractivity contribution in [1.29, 1.82) is 0 Å². The molecule has 21 heavy (non-hydrogen) atoms. The molecule has 1 amide bonds. The molecule has 1 atom stereocenters. The lowest BCUT2D eigenvalue weighted by Gasteiger charge is -2.21. The van der Waals surface area contributed by atoms with Crippen LogP contribution in [0.4, 0.5) is 0 Å². The molecule has 2 rings (SSSR count). The number of carbonyl (C=O) groups is 1. The Morgan fingerprint density at radius 2 is 1.86 bits per heavy atom. The van der Waals surface area contributed by atoms with Crippen LogP contribution in [0.25, 0.3) is 0 Å². The highest BCUT2D eigenvalue weighted by Gasteiger charge is 2.17. The van der Waals surface area contributed by atoms with E-state index in [1.165, 1.54) is 6.20 Å². The van der Waals surface area contributed by atoms with E-state index in [-0.39, 0.29) is 11.9 Å². The Morgan fingerprint density at radius 3 is 2.43 bits per heavy atom. The molecule has 1 aromatic heterocycles. The van der Waals surface area contributed by atoms with E-state index in [9.17, 15) is 4.79 Å². The third-order valence-corrected chi connectivity index (χ3v) is 3.23. The number of aryl methyl sites for hydroxylation is 1. The number of aromatic nitrogens is 2. The summed E-state index contributed by atoms with van der Waals surface area (Å²) in [6.07, 6.45) is 4.01. The van der Waals surface area contributed by atoms with Gasteiger partial charge < -0.3 is 5.32 Å². The Hall–Kier alpha value is -2.23. The van der Waals surface area contributed by atoms with E-state index in [4.69, 9.17) is 0 Å². The molecular formula is C17H21N3O. The summed E-state index contributed by atoms with van der Waals surface area (Å²) >= 11 is 0. The molecule has 0 unspecified atom stereocenters. The van der Waals surface area contributed by atoms with Gasteiger partial charge in [-0.3, -0.25) is 9.78 Å². The first-order chi connectivity index (χ1) is 10.1. The van der Waals surface area contributed by atoms with Crippen molar-refractivity contribution >= 4 is 5.91 Å². The molecule has 0 aliphatic heterocycles. The molecular weight excluding hydrogens is 262 g/mol. The maximum atomic E-state index is 12.3. The zero-order chi connectivity index (χ0) is 15.2. The van der Waals surface area contributed by atoms with Crippen LogP contribution < -0.4 is 5.32 Å². The highest BCUT2D eigenvalue weighted by atomic mass is 16.1. The number of nitrogens with zero attached hydrogens (tertiary/aromatic N) is 2. The normalized spacial score (nSPS) is 12.2. The number of hydrogen-bond donors (Lipinski definition) is 1. The van der Waals surface area contributed by atoms with E-state index in [1.807, 2.05) is 37.3 Å². The van der Waals surface area contributed by atoms with Crippen molar-refractivity contribution in [3.63, 3.8) is 0 Å². The van der Waals surface area contributed by atoms with E-state index < -0.39 is 0 Å². The second kappa shape index (κ2) is 6.97. The van der Waals surface area contributed by atoms with Crippen LogP contribution in [0.2, 0.25) is 0 Å². The van der Waals surface area contributed by atoms with Gasteiger partial charge in [0.05, 0.1) is 17.9 Å². The van der Waals surface area contributed by atoms with Gasteiger partial charge in [-0.2, -0.15) is 0 Å². The predicted molar refractivity (Wildman–Crippen MR) is 82.9 cm³/mol. The molecule has 0 bridgehead atoms. The fourth-order valence-electron chi connectivity index (χ4n) is 2.18. The minimum atomic E-state index is -0.183. The van der Waals surface area contributed by atoms with Crippen molar-refractivity contribution in [1.82, 2.24) is 15.3 Å². The fourth-order valence-corrected chi connectivity index (χ4v) is 2.18. The zero-order valence-electron chi connectivity index (χ0n) is 12.7. The van der Waals surface area contributed by atoms with Crippen LogP contribution in [0.3, 0.4) is 0 Å². The average Bonchev–Trinajstić information content (AvgIpc) is 2.47. The molecule has 0 aliphatic rings. The Morgan fingerprint density at radius 1 is 1.14 bits per heavy atom. The summed E-state index contributed by atoms with van der Waals surface area (Å²) in [6, 6.07) is 10.0. The molecule has 0 spiro atoms. The summed E-state index contributed by atoms with van der Waals surface area (Å²) in [5.74, 6) is 0.302. The van der Waals surface area contributed by atoms with Crippen molar-refractivity contribution in [3.05, 3.63) is 59.7 Å². The number of rotatable bonds is 5. The van der Waals surface area contributed by atoms with Gasteiger partial charge in [-0.25, -0.2) is 4.98 Å². The molecule has 0 radical (unpaired) electrons. The van der Waals surface area contributed by atoms with Gasteiger partial charge in [0, 0.05) is 6.20 Å². The van der Waals surface area contributed by atoms with Gasteiger partial charge in [-0.1, -0.05) is 44.2 Å². The van der Waals surface area contributed by atoms with Crippen LogP contribution in [0, 0.1) is 12.8 Å². The van der Waals surface area contributed by atoms with Gasteiger partial charge in [0.2, 0.25) is 0 Å². The summed E-state index contributed by atoms with van der Waals surface area (Å²) < 4.78 is 0. The lowest BCUT2D eigenvalue weighted by atomic mass is 9.97. The Kier molecular flexibility index (Phi) is 5.04. The molecule has 0 saturated heterocycles. The highest BCUT2D eigenvalue weighted by molar-refractivity contribution is 5.92. The molecule has 110 valence electrons. The first-order valence-corrected chi connectivity index (χ1v) is 7.20. The number of amides is 1. The van der Waals surface area contributed by atoms with E-state index in [0.29, 0.717) is 11.6 Å². The molecule has 2 aromatic rings. The zero-order valence-corrected chi connectivity index (χ0v) is 12.7. The van der Waals surface area contributed by atoms with Gasteiger partial charge in [0.1, 0.15) is 5.69 Å². The third kappa shape index (κ3) is 4.38. The van der Waals surface area contributed by atoms with Crippen molar-refractivity contribution < 1.29 is 4.79 Å². The summed E-state index contributed by atoms with van der Waals surface area (Å²) in [4.78, 5) is 20.6. The molecule has 1 aromatic carbocycles. The first-order valence-electron chi connectivity index (χ1n) is 7.20. The molecule has 1 N–H and O–H groups in total. The van der Waals surface area contributed by atoms with E-state index in [2.05, 4.69) is 29.1 Å². The van der Waals surface area contributed by atoms with Gasteiger partial charge in [0.15, 0.2) is 0 Å². The third-order valence-electron chi connectivity index (χ3n) is 3.23. The van der Waals surface area contributed by atoms with Crippen LogP contribution in [0.1, 0.15) is 48.1 Å². The quantitative estimate of drug-likeness (QED) is 0.916. The first kappa shape index (κ1) is 15.2. The lowest BCUT2D eigenvalue weighted by molar-refractivity contribution is 0.0926. The molecule has 0 saturated carbocycles. The van der Waals surface area contributed by atoms with Gasteiger partial charge in [-0.05, 0) is 24.8 Å². The SMILES string of the molecule is Cc1cnc(C(=O)N[C@@H](CC(C)C)c2ccccc2)cn1. The maximum absolute atomic E-state index is 12.3. The Labute approximate surface area is 125 Å². The summed E-state index contributed by atoms with van der Waals surface area (Å²) in [6.45, 7) is 6.14. The largest absolute Gasteiger partial charge is 0.344 e. The Bertz CT molecular complexity index is 579. The number of benzene rings is 1. The van der Waals surface area contributed by atoms with Crippen molar-refractivity contribution in [2.45, 2.75) is 33.2 Å². The van der Waals surface area contributed by atoms with Crippen molar-refractivity contribution in [3.8, 4) is 0 Å². The second-order valence-corrected chi connectivity index (χ2v) is 5.61. The number of carbonyl (C=O) groups excluding carboxylic acids is 1. The topological polar surface area (TPSA) is 54.9 Å². The Balaban J connectivity index is 2.15. The van der Waals surface area contributed by atoms with Gasteiger partial charge >= 0.3 is 0 Å². The predicted octanol–water partition coefficient (Wildman–Crippen LogP) is 3.30. The van der Waals surface area contributed by atoms with Crippen LogP contribution >= 0.6 is 0 Å². The minimum Gasteiger partial charge on any atom is -0.344 e. The van der Waals surface area contributed by atoms with Crippen LogP contribution in [-0.2, 0) is 0 Å². The van der Waals surface area contributed by atoms with Gasteiger partial charge in [0.25, 0.3) is 5.91 Å². The molecule has 4 heteroatoms. The summed E-state index contributed by atoms with van der Waals surface area (Å²) in [5, 5.41) is 3.06. The summed E-state index contributed by atoms with van der Waals surface area (Å²) in [5.41, 5.74) is 2.26. The molecule has 1 heterocycles. The number of hydrogen-bond acceptors (Lipinski definition) is 3. The van der Waals surface area contributed by atoms with E-state index in [1.54, 1.807) is 6.20 Å². The standard InChI is InChI=1S/C17H21N3O/c1-12(2)9-15(14-7-5-4-6-8-14)20-17(21)16-11-18-13(3)10-19-16/h4-8,10-12,15H,9H2,1-3H3,(H,20,21)/t15-/m0/s1. The van der Waals surface area contributed by atoms with Crippen LogP contribution in [0.15, 0.2) is 42.7 Å². The summed E-state index contributed by atoms with van der Waals surface area (Å²) in [7, 11) is 0. The van der Waals surface area contributed by atoms with Crippen molar-refractivity contribution in [2.75, 3.05) is 0 Å². The highest BCUT2D eigenvalue weighted by Crippen LogP contribution is 2.21. The van der Waals surface area contributed by atoms with Gasteiger partial charge in [-0.15, -0.1) is 0 Å². The monoisotopic (exact) mass is 283 g/mol. The van der Waals surface area contributed by atoms with Crippen LogP contribution in [-0.4, -0.2) is 15.9 Å².